The van der Waals surface area contributed by atoms with Gasteiger partial charge in [0.1, 0.15) is 46.0 Å². The number of amides is 4. The maximum atomic E-state index is 16.1. The predicted octanol–water partition coefficient (Wildman–Crippen LogP) is 11.5. The zero-order chi connectivity index (χ0) is 63.7. The van der Waals surface area contributed by atoms with Crippen molar-refractivity contribution in [2.45, 2.75) is 59.1 Å². The summed E-state index contributed by atoms with van der Waals surface area (Å²) in [7, 11) is -19.1. The third-order valence-electron chi connectivity index (χ3n) is 15.3. The van der Waals surface area contributed by atoms with E-state index in [1.165, 1.54) is 72.8 Å². The number of anilines is 1. The second-order valence-electron chi connectivity index (χ2n) is 21.5. The van der Waals surface area contributed by atoms with Crippen LogP contribution in [0.3, 0.4) is 0 Å². The van der Waals surface area contributed by atoms with E-state index in [4.69, 9.17) is 24.7 Å². The highest BCUT2D eigenvalue weighted by atomic mass is 32.2. The Kier molecular flexibility index (Phi) is 14.4. The van der Waals surface area contributed by atoms with Gasteiger partial charge < -0.3 is 24.7 Å². The summed E-state index contributed by atoms with van der Waals surface area (Å²) in [6.07, 6.45) is 0. The summed E-state index contributed by atoms with van der Waals surface area (Å²) in [4.78, 5) is 62.1. The second kappa shape index (κ2) is 21.4. The van der Waals surface area contributed by atoms with Crippen LogP contribution in [0.5, 0.6) is 46.0 Å². The molecule has 10 aromatic rings. The molecule has 0 saturated heterocycles. The number of ether oxygens (including phenoxy) is 4. The quantitative estimate of drug-likeness (QED) is 0.0245. The van der Waals surface area contributed by atoms with Crippen LogP contribution < -0.4 is 29.6 Å². The molecule has 0 unspecified atom stereocenters. The zero-order valence-electron chi connectivity index (χ0n) is 46.8. The van der Waals surface area contributed by atoms with Gasteiger partial charge >= 0.3 is 0 Å². The number of nitrogens with two attached hydrogens (primary N) is 1. The molecule has 0 atom stereocenters. The summed E-state index contributed by atoms with van der Waals surface area (Å²) in [6, 6.07) is 28.4. The van der Waals surface area contributed by atoms with Crippen LogP contribution in [0.25, 0.3) is 43.1 Å². The van der Waals surface area contributed by atoms with E-state index in [1.54, 1.807) is 18.2 Å². The summed E-state index contributed by atoms with van der Waals surface area (Å²) >= 11 is 0. The van der Waals surface area contributed by atoms with Crippen LogP contribution in [-0.2, 0) is 40.5 Å². The minimum atomic E-state index is -4.78. The van der Waals surface area contributed by atoms with Gasteiger partial charge in [-0.3, -0.25) is 42.3 Å². The van der Waals surface area contributed by atoms with Gasteiger partial charge in [-0.25, -0.2) is 4.90 Å². The van der Waals surface area contributed by atoms with Crippen molar-refractivity contribution < 1.29 is 90.0 Å². The molecule has 10 aromatic carbocycles. The van der Waals surface area contributed by atoms with Crippen LogP contribution in [0.4, 0.5) is 5.69 Å². The Morgan fingerprint density at radius 3 is 0.876 bits per heavy atom. The molecule has 27 heteroatoms. The number of carbonyl (C=O) groups is 4. The van der Waals surface area contributed by atoms with E-state index in [1.807, 2.05) is 27.7 Å². The molecule has 0 aliphatic carbocycles. The first-order valence-electron chi connectivity index (χ1n) is 26.9. The van der Waals surface area contributed by atoms with Crippen LogP contribution in [0, 0.1) is 0 Å². The van der Waals surface area contributed by atoms with Gasteiger partial charge in [0.05, 0.1) is 47.5 Å². The van der Waals surface area contributed by atoms with Crippen LogP contribution in [0.1, 0.15) is 92.1 Å². The Bertz CT molecular complexity index is 4900. The number of rotatable bonds is 17. The van der Waals surface area contributed by atoms with Gasteiger partial charge in [-0.15, -0.1) is 0 Å². The molecule has 0 fully saturated rings. The highest BCUT2D eigenvalue weighted by Crippen LogP contribution is 2.58. The van der Waals surface area contributed by atoms with Crippen molar-refractivity contribution in [1.29, 1.82) is 0 Å². The van der Waals surface area contributed by atoms with Crippen molar-refractivity contribution in [3.8, 4) is 46.0 Å². The molecule has 23 nitrogen and oxygen atoms in total. The monoisotopic (exact) mass is 1280 g/mol. The van der Waals surface area contributed by atoms with Crippen LogP contribution in [0.15, 0.2) is 159 Å². The van der Waals surface area contributed by atoms with E-state index in [2.05, 4.69) is 0 Å². The van der Waals surface area contributed by atoms with Gasteiger partial charge in [0.2, 0.25) is 0 Å². The molecule has 2 heterocycles. The number of imide groups is 2. The van der Waals surface area contributed by atoms with Crippen molar-refractivity contribution in [3.05, 3.63) is 173 Å². The normalized spacial score (nSPS) is 13.9. The van der Waals surface area contributed by atoms with E-state index >= 15 is 19.2 Å². The number of benzene rings is 10. The molecule has 0 radical (unpaired) electrons. The topological polar surface area (TPSA) is 355 Å². The fourth-order valence-corrected chi connectivity index (χ4v) is 13.3. The third-order valence-corrected chi connectivity index (χ3v) is 18.8. The molecule has 454 valence electrons. The first kappa shape index (κ1) is 59.9. The maximum Gasteiger partial charge on any atom is 0.294 e. The average molecular weight is 1280 g/mol. The number of para-hydroxylation sites is 1. The lowest BCUT2D eigenvalue weighted by Crippen LogP contribution is -2.43. The lowest BCUT2D eigenvalue weighted by molar-refractivity contribution is 0.0613. The van der Waals surface area contributed by atoms with Gasteiger partial charge in [0.15, 0.2) is 0 Å². The predicted molar refractivity (Wildman–Crippen MR) is 323 cm³/mol. The number of carbonyl (C=O) groups excluding carboxylic acids is 4. The van der Waals surface area contributed by atoms with Gasteiger partial charge in [0.25, 0.3) is 64.1 Å². The van der Waals surface area contributed by atoms with E-state index in [0.29, 0.717) is 11.1 Å². The lowest BCUT2D eigenvalue weighted by atomic mass is 9.80. The maximum absolute atomic E-state index is 16.1. The average Bonchev–Trinajstić information content (AvgIpc) is 0.681. The first-order valence-corrected chi connectivity index (χ1v) is 32.7. The summed E-state index contributed by atoms with van der Waals surface area (Å²) in [6.45, 7) is 7.00. The first-order chi connectivity index (χ1) is 41.9. The van der Waals surface area contributed by atoms with Gasteiger partial charge in [-0.05, 0) is 144 Å². The van der Waals surface area contributed by atoms with E-state index < -0.39 is 83.7 Å². The molecule has 4 amide bonds. The van der Waals surface area contributed by atoms with Crippen molar-refractivity contribution in [1.82, 2.24) is 4.90 Å². The Morgan fingerprint density at radius 2 is 0.640 bits per heavy atom. The van der Waals surface area contributed by atoms with Crippen molar-refractivity contribution >= 4 is 113 Å². The summed E-state index contributed by atoms with van der Waals surface area (Å²) < 4.78 is 166. The van der Waals surface area contributed by atoms with Crippen molar-refractivity contribution in [2.24, 2.45) is 5.73 Å². The Hall–Kier alpha value is -9.42. The fraction of sp³-hybridized carbons (Fsp3) is 0.129. The largest absolute Gasteiger partial charge is 0.457 e. The minimum Gasteiger partial charge on any atom is -0.457 e. The fourth-order valence-electron chi connectivity index (χ4n) is 11.4. The SMILES string of the molecule is CC(C)c1cccc(C(C)C)c1N1C(=O)c2cc(Oc3ccc(S(=O)(=O)O)cc3)c3c4c(Oc5ccc(S(=O)(=O)O)cc5)cc5c6c(cc(Oc7ccc(S(=O)(=O)O)cc7)c(c7c(Oc8ccc(S(=O)(=O)O)cc8)cc(c2c37)C1=O)c64)C(=O)N(CCN)C5=O. The van der Waals surface area contributed by atoms with E-state index in [9.17, 15) is 51.9 Å². The summed E-state index contributed by atoms with van der Waals surface area (Å²) in [5, 5.41) is -0.501. The highest BCUT2D eigenvalue weighted by Gasteiger charge is 2.43. The second-order valence-corrected chi connectivity index (χ2v) is 27.2. The summed E-state index contributed by atoms with van der Waals surface area (Å²) in [5.74, 6) is -5.54. The molecular weight excluding hydrogens is 1230 g/mol. The number of nitrogens with zero attached hydrogens (tertiary/aromatic N) is 2. The molecule has 0 aromatic heterocycles. The number of hydrogen-bond acceptors (Lipinski definition) is 17. The molecule has 2 aliphatic rings. The third kappa shape index (κ3) is 10.3. The standard InChI is InChI=1S/C62H47N3O20S4/c1-30(2)40-6-5-7-41(31(3)4)58(40)65-61(68)44-28-48(84-34-12-20-38(21-13-34)88(76,77)78)54-52-46(82-32-8-16-36(17-9-32)86(70,71)72)26-42-50-43(60(67)64(25-24-63)59(42)66)27-47(83-33-10-18-37(19-11-33)87(73,74)75)53(56(50)52)55-49(29-45(62(65)69)51(44)57(54)55)85-35-14-22-39(23-15-35)89(79,80)81/h5-23,26-31H,24-25,63H2,1-4H3,(H,70,71,72)(H,73,74,75)(H,76,77,78)(H,79,80,81). The molecule has 0 spiro atoms. The Labute approximate surface area is 506 Å². The van der Waals surface area contributed by atoms with Gasteiger partial charge in [0, 0.05) is 56.2 Å². The van der Waals surface area contributed by atoms with Gasteiger partial charge in [-0.2, -0.15) is 33.7 Å². The van der Waals surface area contributed by atoms with Gasteiger partial charge in [-0.1, -0.05) is 45.9 Å². The molecule has 2 aliphatic heterocycles. The molecule has 0 bridgehead atoms. The van der Waals surface area contributed by atoms with Crippen LogP contribution in [-0.4, -0.2) is 93.5 Å². The Morgan fingerprint density at radius 1 is 0.382 bits per heavy atom. The number of hydrogen-bond donors (Lipinski definition) is 5. The smallest absolute Gasteiger partial charge is 0.294 e. The van der Waals surface area contributed by atoms with Crippen molar-refractivity contribution in [3.63, 3.8) is 0 Å². The van der Waals surface area contributed by atoms with Crippen molar-refractivity contribution in [2.75, 3.05) is 18.0 Å². The molecule has 0 saturated carbocycles. The van der Waals surface area contributed by atoms with Crippen LogP contribution >= 0.6 is 0 Å². The van der Waals surface area contributed by atoms with E-state index in [0.717, 1.165) is 58.3 Å². The number of fused-ring (bicyclic) bond motifs is 2. The van der Waals surface area contributed by atoms with Crippen LogP contribution in [0.2, 0.25) is 0 Å². The zero-order valence-corrected chi connectivity index (χ0v) is 50.0. The molecule has 6 N–H and O–H groups in total. The molecule has 89 heavy (non-hydrogen) atoms. The molecule has 12 rings (SSSR count). The minimum absolute atomic E-state index is 0.0512. The highest BCUT2D eigenvalue weighted by molar-refractivity contribution is 7.86. The summed E-state index contributed by atoms with van der Waals surface area (Å²) in [5.41, 5.74) is 6.77. The molecular formula is C62H47N3O20S4. The van der Waals surface area contributed by atoms with E-state index in [-0.39, 0.29) is 142 Å². The Balaban J connectivity index is 1.32. The lowest BCUT2D eigenvalue weighted by Gasteiger charge is -2.34.